The van der Waals surface area contributed by atoms with E-state index in [2.05, 4.69) is 5.32 Å². The second-order valence-electron chi connectivity index (χ2n) is 8.75. The molecule has 3 aromatic carbocycles. The van der Waals surface area contributed by atoms with Crippen molar-refractivity contribution in [3.05, 3.63) is 99.6 Å². The molecule has 174 valence electrons. The molecule has 0 aliphatic carbocycles. The van der Waals surface area contributed by atoms with Gasteiger partial charge < -0.3 is 5.32 Å². The zero-order chi connectivity index (χ0) is 24.2. The number of sulfonamides is 1. The fraction of sp³-hybridized carbons (Fsp3) is 0.296. The molecule has 0 fully saturated rings. The molecule has 3 aromatic rings. The molecule has 1 N–H and O–H groups in total. The van der Waals surface area contributed by atoms with Crippen LogP contribution in [-0.2, 0) is 27.9 Å². The predicted octanol–water partition coefficient (Wildman–Crippen LogP) is 4.74. The van der Waals surface area contributed by atoms with E-state index < -0.39 is 10.0 Å². The zero-order valence-corrected chi connectivity index (χ0v) is 20.8. The number of nitrogens with one attached hydrogen (secondary N) is 1. The molecule has 0 saturated carbocycles. The SMILES string of the molecule is Cc1ccc(CNC(=O)CN(Cc2ccc(C)cc2)S(=O)(=O)c2c(C)cc(C)cc2C)cc1. The van der Waals surface area contributed by atoms with Gasteiger partial charge >= 0.3 is 0 Å². The summed E-state index contributed by atoms with van der Waals surface area (Å²) in [6, 6.07) is 19.3. The minimum atomic E-state index is -3.90. The third-order valence-electron chi connectivity index (χ3n) is 5.61. The molecule has 0 heterocycles. The second kappa shape index (κ2) is 10.3. The summed E-state index contributed by atoms with van der Waals surface area (Å²) in [4.78, 5) is 13.1. The fourth-order valence-corrected chi connectivity index (χ4v) is 5.74. The van der Waals surface area contributed by atoms with E-state index in [4.69, 9.17) is 0 Å². The average Bonchev–Trinajstić information content (AvgIpc) is 2.73. The average molecular weight is 465 g/mol. The van der Waals surface area contributed by atoms with Gasteiger partial charge in [-0.1, -0.05) is 77.4 Å². The number of benzene rings is 3. The number of carbonyl (C=O) groups excluding carboxylic acids is 1. The molecule has 0 aliphatic rings. The third-order valence-corrected chi connectivity index (χ3v) is 7.71. The molecule has 0 bridgehead atoms. The van der Waals surface area contributed by atoms with Gasteiger partial charge in [0.1, 0.15) is 0 Å². The summed E-state index contributed by atoms with van der Waals surface area (Å²) < 4.78 is 28.8. The highest BCUT2D eigenvalue weighted by Crippen LogP contribution is 2.26. The Balaban J connectivity index is 1.87. The van der Waals surface area contributed by atoms with Gasteiger partial charge in [0, 0.05) is 13.1 Å². The van der Waals surface area contributed by atoms with Gasteiger partial charge in [-0.15, -0.1) is 0 Å². The smallest absolute Gasteiger partial charge is 0.244 e. The summed E-state index contributed by atoms with van der Waals surface area (Å²) in [7, 11) is -3.90. The van der Waals surface area contributed by atoms with E-state index in [0.29, 0.717) is 17.7 Å². The molecule has 5 nitrogen and oxygen atoms in total. The molecule has 33 heavy (non-hydrogen) atoms. The van der Waals surface area contributed by atoms with Crippen LogP contribution in [0.5, 0.6) is 0 Å². The van der Waals surface area contributed by atoms with Gasteiger partial charge in [0.25, 0.3) is 0 Å². The first kappa shape index (κ1) is 24.7. The maximum atomic E-state index is 13.7. The summed E-state index contributed by atoms with van der Waals surface area (Å²) in [5, 5.41) is 2.86. The third kappa shape index (κ3) is 6.30. The maximum Gasteiger partial charge on any atom is 0.244 e. The highest BCUT2D eigenvalue weighted by atomic mass is 32.2. The van der Waals surface area contributed by atoms with Crippen LogP contribution >= 0.6 is 0 Å². The lowest BCUT2D eigenvalue weighted by atomic mass is 10.1. The van der Waals surface area contributed by atoms with Gasteiger partial charge in [-0.2, -0.15) is 4.31 Å². The molecule has 0 spiro atoms. The number of amides is 1. The number of nitrogens with zero attached hydrogens (tertiary/aromatic N) is 1. The number of hydrogen-bond acceptors (Lipinski definition) is 3. The van der Waals surface area contributed by atoms with E-state index in [1.807, 2.05) is 81.4 Å². The molecular formula is C27H32N2O3S. The first-order valence-corrected chi connectivity index (χ1v) is 12.5. The Morgan fingerprint density at radius 2 is 1.24 bits per heavy atom. The normalized spacial score (nSPS) is 11.6. The topological polar surface area (TPSA) is 66.5 Å². The Bertz CT molecular complexity index is 1210. The Morgan fingerprint density at radius 3 is 1.76 bits per heavy atom. The van der Waals surface area contributed by atoms with Gasteiger partial charge in [0.2, 0.25) is 15.9 Å². The number of carbonyl (C=O) groups is 1. The summed E-state index contributed by atoms with van der Waals surface area (Å²) in [6.07, 6.45) is 0. The van der Waals surface area contributed by atoms with Crippen LogP contribution in [0.3, 0.4) is 0 Å². The molecular weight excluding hydrogens is 432 g/mol. The van der Waals surface area contributed by atoms with Gasteiger partial charge in [-0.05, 0) is 56.9 Å². The fourth-order valence-electron chi connectivity index (χ4n) is 3.95. The maximum absolute atomic E-state index is 13.7. The molecule has 0 aromatic heterocycles. The van der Waals surface area contributed by atoms with E-state index >= 15 is 0 Å². The van der Waals surface area contributed by atoms with Crippen LogP contribution in [0.1, 0.15) is 38.9 Å². The van der Waals surface area contributed by atoms with Crippen molar-refractivity contribution in [2.24, 2.45) is 0 Å². The van der Waals surface area contributed by atoms with Crippen LogP contribution in [0.25, 0.3) is 0 Å². The zero-order valence-electron chi connectivity index (χ0n) is 20.0. The molecule has 0 radical (unpaired) electrons. The Labute approximate surface area is 197 Å². The van der Waals surface area contributed by atoms with Crippen molar-refractivity contribution in [1.82, 2.24) is 9.62 Å². The quantitative estimate of drug-likeness (QED) is 0.524. The minimum Gasteiger partial charge on any atom is -0.351 e. The van der Waals surface area contributed by atoms with Crippen LogP contribution in [0, 0.1) is 34.6 Å². The van der Waals surface area contributed by atoms with Crippen molar-refractivity contribution in [2.75, 3.05) is 6.54 Å². The highest BCUT2D eigenvalue weighted by Gasteiger charge is 2.30. The van der Waals surface area contributed by atoms with Crippen molar-refractivity contribution in [3.63, 3.8) is 0 Å². The van der Waals surface area contributed by atoms with Crippen molar-refractivity contribution < 1.29 is 13.2 Å². The predicted molar refractivity (Wildman–Crippen MR) is 132 cm³/mol. The first-order chi connectivity index (χ1) is 15.6. The van der Waals surface area contributed by atoms with E-state index in [-0.39, 0.29) is 23.9 Å². The molecule has 0 saturated heterocycles. The van der Waals surface area contributed by atoms with Gasteiger partial charge in [0.15, 0.2) is 0 Å². The lowest BCUT2D eigenvalue weighted by Gasteiger charge is -2.24. The summed E-state index contributed by atoms with van der Waals surface area (Å²) >= 11 is 0. The van der Waals surface area contributed by atoms with Gasteiger partial charge in [-0.3, -0.25) is 4.79 Å². The molecule has 0 aliphatic heterocycles. The minimum absolute atomic E-state index is 0.118. The molecule has 3 rings (SSSR count). The standard InChI is InChI=1S/C27H32N2O3S/c1-19-6-10-24(11-7-19)16-28-26(30)18-29(17-25-12-8-20(2)9-13-25)33(31,32)27-22(4)14-21(3)15-23(27)5/h6-15H,16-18H2,1-5H3,(H,28,30). The monoisotopic (exact) mass is 464 g/mol. The van der Waals surface area contributed by atoms with Crippen molar-refractivity contribution in [3.8, 4) is 0 Å². The summed E-state index contributed by atoms with van der Waals surface area (Å²) in [5.41, 5.74) is 6.40. The summed E-state index contributed by atoms with van der Waals surface area (Å²) in [5.74, 6) is -0.339. The Kier molecular flexibility index (Phi) is 7.72. The Hall–Kier alpha value is -2.96. The van der Waals surface area contributed by atoms with Crippen molar-refractivity contribution in [1.29, 1.82) is 0 Å². The molecule has 1 amide bonds. The lowest BCUT2D eigenvalue weighted by Crippen LogP contribution is -2.40. The van der Waals surface area contributed by atoms with Crippen molar-refractivity contribution in [2.45, 2.75) is 52.6 Å². The Morgan fingerprint density at radius 1 is 0.758 bits per heavy atom. The van der Waals surface area contributed by atoms with E-state index in [9.17, 15) is 13.2 Å². The first-order valence-electron chi connectivity index (χ1n) is 11.0. The van der Waals surface area contributed by atoms with Gasteiger partial charge in [0.05, 0.1) is 11.4 Å². The van der Waals surface area contributed by atoms with Crippen molar-refractivity contribution >= 4 is 15.9 Å². The second-order valence-corrected chi connectivity index (χ2v) is 10.6. The number of rotatable bonds is 8. The highest BCUT2D eigenvalue weighted by molar-refractivity contribution is 7.89. The molecule has 0 unspecified atom stereocenters. The van der Waals surface area contributed by atoms with Crippen LogP contribution in [-0.4, -0.2) is 25.2 Å². The number of hydrogen-bond donors (Lipinski definition) is 1. The van der Waals surface area contributed by atoms with E-state index in [1.165, 1.54) is 4.31 Å². The van der Waals surface area contributed by atoms with E-state index in [1.54, 1.807) is 13.8 Å². The van der Waals surface area contributed by atoms with Crippen LogP contribution in [0.2, 0.25) is 0 Å². The molecule has 6 heteroatoms. The van der Waals surface area contributed by atoms with Crippen LogP contribution in [0.4, 0.5) is 0 Å². The number of aryl methyl sites for hydroxylation is 5. The molecule has 0 atom stereocenters. The lowest BCUT2D eigenvalue weighted by molar-refractivity contribution is -0.121. The van der Waals surface area contributed by atoms with E-state index in [0.717, 1.165) is 27.8 Å². The largest absolute Gasteiger partial charge is 0.351 e. The van der Waals surface area contributed by atoms with Gasteiger partial charge in [-0.25, -0.2) is 8.42 Å². The van der Waals surface area contributed by atoms with Crippen LogP contribution in [0.15, 0.2) is 65.6 Å². The summed E-state index contributed by atoms with van der Waals surface area (Å²) in [6.45, 7) is 9.74. The van der Waals surface area contributed by atoms with Crippen LogP contribution < -0.4 is 5.32 Å².